The summed E-state index contributed by atoms with van der Waals surface area (Å²) < 4.78 is 5.16. The van der Waals surface area contributed by atoms with E-state index in [0.717, 1.165) is 5.39 Å². The average Bonchev–Trinajstić information content (AvgIpc) is 2.67. The van der Waals surface area contributed by atoms with Crippen molar-refractivity contribution in [3.63, 3.8) is 0 Å². The Morgan fingerprint density at radius 3 is 2.13 bits per heavy atom. The fraction of sp³-hybridized carbons (Fsp3) is 0.391. The average molecular weight is 410 g/mol. The van der Waals surface area contributed by atoms with E-state index in [1.807, 2.05) is 32.9 Å². The molecule has 0 bridgehead atoms. The van der Waals surface area contributed by atoms with Gasteiger partial charge in [0.05, 0.1) is 0 Å². The van der Waals surface area contributed by atoms with Crippen LogP contribution in [0.4, 0.5) is 0 Å². The molecule has 0 spiro atoms. The van der Waals surface area contributed by atoms with Gasteiger partial charge < -0.3 is 10.1 Å². The van der Waals surface area contributed by atoms with Crippen molar-refractivity contribution >= 4 is 34.5 Å². The van der Waals surface area contributed by atoms with Crippen molar-refractivity contribution in [2.75, 3.05) is 6.54 Å². The van der Waals surface area contributed by atoms with E-state index < -0.39 is 17.6 Å². The zero-order chi connectivity index (χ0) is 22.1. The molecule has 158 valence electrons. The zero-order valence-corrected chi connectivity index (χ0v) is 17.7. The van der Waals surface area contributed by atoms with Gasteiger partial charge in [0, 0.05) is 35.0 Å². The van der Waals surface area contributed by atoms with Crippen LogP contribution in [0.2, 0.25) is 0 Å². The molecule has 0 unspecified atom stereocenters. The summed E-state index contributed by atoms with van der Waals surface area (Å²) in [5, 5.41) is 4.26. The molecule has 7 nitrogen and oxygen atoms in total. The Morgan fingerprint density at radius 2 is 1.60 bits per heavy atom. The largest absolute Gasteiger partial charge is 0.453 e. The molecule has 0 fully saturated rings. The van der Waals surface area contributed by atoms with Gasteiger partial charge in [0.25, 0.3) is 17.7 Å². The van der Waals surface area contributed by atoms with E-state index in [0.29, 0.717) is 16.5 Å². The van der Waals surface area contributed by atoms with Crippen molar-refractivity contribution in [3.8, 4) is 0 Å². The molecule has 1 heterocycles. The van der Waals surface area contributed by atoms with Gasteiger partial charge in [-0.25, -0.2) is 0 Å². The number of esters is 1. The first-order valence-corrected chi connectivity index (χ1v) is 9.98. The number of hydrogen-bond acceptors (Lipinski definition) is 5. The van der Waals surface area contributed by atoms with E-state index in [1.54, 1.807) is 24.3 Å². The molecular weight excluding hydrogens is 384 g/mol. The number of ether oxygens (including phenoxy) is 1. The van der Waals surface area contributed by atoms with Crippen molar-refractivity contribution in [2.24, 2.45) is 0 Å². The minimum atomic E-state index is -0.917. The monoisotopic (exact) mass is 410 g/mol. The summed E-state index contributed by atoms with van der Waals surface area (Å²) in [5.74, 6) is -1.65. The van der Waals surface area contributed by atoms with E-state index >= 15 is 0 Å². The second kappa shape index (κ2) is 8.26. The van der Waals surface area contributed by atoms with Crippen LogP contribution in [-0.4, -0.2) is 46.8 Å². The molecule has 0 saturated heterocycles. The molecule has 30 heavy (non-hydrogen) atoms. The van der Waals surface area contributed by atoms with Gasteiger partial charge in [-0.1, -0.05) is 24.3 Å². The van der Waals surface area contributed by atoms with Crippen LogP contribution in [0.3, 0.4) is 0 Å². The van der Waals surface area contributed by atoms with Crippen LogP contribution < -0.4 is 5.32 Å². The first-order chi connectivity index (χ1) is 14.1. The highest BCUT2D eigenvalue weighted by Crippen LogP contribution is 2.30. The standard InChI is InChI=1S/C23H26N2O5/c1-14(20(27)24-23(2,3)4)30-18(26)12-7-13-25-21(28)16-10-5-8-15-9-6-11-17(19(15)16)22(25)29/h5-6,8-11,14H,7,12-13H2,1-4H3,(H,24,27)/t14-/m1/s1. The normalized spacial score (nSPS) is 14.6. The summed E-state index contributed by atoms with van der Waals surface area (Å²) >= 11 is 0. The SMILES string of the molecule is C[C@@H](OC(=O)CCCN1C(=O)c2cccc3cccc(c23)C1=O)C(=O)NC(C)(C)C. The third-order valence-corrected chi connectivity index (χ3v) is 4.79. The van der Waals surface area contributed by atoms with Crippen molar-refractivity contribution in [3.05, 3.63) is 47.5 Å². The Hall–Kier alpha value is -3.22. The van der Waals surface area contributed by atoms with Crippen molar-refractivity contribution in [1.29, 1.82) is 0 Å². The Morgan fingerprint density at radius 1 is 1.03 bits per heavy atom. The summed E-state index contributed by atoms with van der Waals surface area (Å²) in [5.41, 5.74) is 0.543. The van der Waals surface area contributed by atoms with Gasteiger partial charge in [0.15, 0.2) is 6.10 Å². The number of nitrogens with one attached hydrogen (secondary N) is 1. The summed E-state index contributed by atoms with van der Waals surface area (Å²) in [4.78, 5) is 50.9. The Labute approximate surface area is 175 Å². The molecule has 3 rings (SSSR count). The summed E-state index contributed by atoms with van der Waals surface area (Å²) in [6.45, 7) is 7.12. The highest BCUT2D eigenvalue weighted by molar-refractivity contribution is 6.25. The highest BCUT2D eigenvalue weighted by atomic mass is 16.5. The number of carbonyl (C=O) groups excluding carboxylic acids is 4. The minimum Gasteiger partial charge on any atom is -0.453 e. The lowest BCUT2D eigenvalue weighted by atomic mass is 9.94. The second-order valence-electron chi connectivity index (χ2n) is 8.45. The molecule has 0 saturated carbocycles. The number of carbonyl (C=O) groups is 4. The molecule has 0 radical (unpaired) electrons. The fourth-order valence-electron chi connectivity index (χ4n) is 3.45. The molecule has 2 aromatic carbocycles. The molecule has 1 aliphatic rings. The van der Waals surface area contributed by atoms with E-state index in [1.165, 1.54) is 11.8 Å². The molecule has 1 aliphatic heterocycles. The van der Waals surface area contributed by atoms with Gasteiger partial charge in [0.1, 0.15) is 0 Å². The Kier molecular flexibility index (Phi) is 5.92. The Balaban J connectivity index is 1.59. The van der Waals surface area contributed by atoms with Gasteiger partial charge in [-0.2, -0.15) is 0 Å². The smallest absolute Gasteiger partial charge is 0.306 e. The maximum atomic E-state index is 12.8. The second-order valence-corrected chi connectivity index (χ2v) is 8.45. The quantitative estimate of drug-likeness (QED) is 0.584. The molecular formula is C23H26N2O5. The number of imide groups is 1. The lowest BCUT2D eigenvalue weighted by molar-refractivity contribution is -0.155. The lowest BCUT2D eigenvalue weighted by Gasteiger charge is -2.27. The number of rotatable bonds is 6. The predicted molar refractivity (Wildman–Crippen MR) is 112 cm³/mol. The van der Waals surface area contributed by atoms with E-state index in [9.17, 15) is 19.2 Å². The van der Waals surface area contributed by atoms with E-state index in [4.69, 9.17) is 4.74 Å². The maximum Gasteiger partial charge on any atom is 0.306 e. The van der Waals surface area contributed by atoms with Crippen LogP contribution >= 0.6 is 0 Å². The third-order valence-electron chi connectivity index (χ3n) is 4.79. The summed E-state index contributed by atoms with van der Waals surface area (Å²) in [6.07, 6.45) is -0.669. The molecule has 0 aromatic heterocycles. The summed E-state index contributed by atoms with van der Waals surface area (Å²) in [7, 11) is 0. The number of amides is 3. The molecule has 0 aliphatic carbocycles. The van der Waals surface area contributed by atoms with Crippen LogP contribution in [0.5, 0.6) is 0 Å². The lowest BCUT2D eigenvalue weighted by Crippen LogP contribution is -2.46. The number of benzene rings is 2. The predicted octanol–water partition coefficient (Wildman–Crippen LogP) is 3.06. The first-order valence-electron chi connectivity index (χ1n) is 9.98. The van der Waals surface area contributed by atoms with Gasteiger partial charge in [-0.05, 0) is 51.6 Å². The fourth-order valence-corrected chi connectivity index (χ4v) is 3.45. The van der Waals surface area contributed by atoms with Crippen LogP contribution in [0.25, 0.3) is 10.8 Å². The van der Waals surface area contributed by atoms with Gasteiger partial charge in [0.2, 0.25) is 0 Å². The minimum absolute atomic E-state index is 0.00392. The van der Waals surface area contributed by atoms with E-state index in [2.05, 4.69) is 5.32 Å². The molecule has 3 amide bonds. The van der Waals surface area contributed by atoms with Crippen molar-refractivity contribution in [1.82, 2.24) is 10.2 Å². The van der Waals surface area contributed by atoms with Gasteiger partial charge >= 0.3 is 5.97 Å². The first kappa shape index (κ1) is 21.5. The molecule has 1 N–H and O–H groups in total. The Bertz CT molecular complexity index is 971. The third kappa shape index (κ3) is 4.50. The zero-order valence-electron chi connectivity index (χ0n) is 17.7. The van der Waals surface area contributed by atoms with Crippen LogP contribution in [0, 0.1) is 0 Å². The maximum absolute atomic E-state index is 12.8. The molecule has 1 atom stereocenters. The van der Waals surface area contributed by atoms with E-state index in [-0.39, 0.29) is 37.1 Å². The number of hydrogen-bond donors (Lipinski definition) is 1. The van der Waals surface area contributed by atoms with Crippen LogP contribution in [0.15, 0.2) is 36.4 Å². The number of nitrogens with zero attached hydrogens (tertiary/aromatic N) is 1. The van der Waals surface area contributed by atoms with Crippen LogP contribution in [-0.2, 0) is 14.3 Å². The van der Waals surface area contributed by atoms with Crippen LogP contribution in [0.1, 0.15) is 61.3 Å². The molecule has 2 aromatic rings. The summed E-state index contributed by atoms with van der Waals surface area (Å²) in [6, 6.07) is 10.7. The molecule has 7 heteroatoms. The van der Waals surface area contributed by atoms with Gasteiger partial charge in [-0.15, -0.1) is 0 Å². The highest BCUT2D eigenvalue weighted by Gasteiger charge is 2.32. The van der Waals surface area contributed by atoms with Crippen molar-refractivity contribution < 1.29 is 23.9 Å². The topological polar surface area (TPSA) is 92.8 Å². The van der Waals surface area contributed by atoms with Gasteiger partial charge in [-0.3, -0.25) is 24.1 Å². The van der Waals surface area contributed by atoms with Crippen molar-refractivity contribution in [2.45, 2.75) is 52.2 Å².